The van der Waals surface area contributed by atoms with Crippen LogP contribution in [0.25, 0.3) is 22.6 Å². The van der Waals surface area contributed by atoms with E-state index in [1.54, 1.807) is 13.1 Å². The van der Waals surface area contributed by atoms with Gasteiger partial charge in [0.05, 0.1) is 11.1 Å². The highest BCUT2D eigenvalue weighted by Gasteiger charge is 2.31. The minimum Gasteiger partial charge on any atom is -0.312 e. The number of rotatable bonds is 1. The summed E-state index contributed by atoms with van der Waals surface area (Å²) in [6.45, 7) is 0. The summed E-state index contributed by atoms with van der Waals surface area (Å²) in [5, 5.41) is 0. The molecule has 0 N–H and O–H groups in total. The molecular weight excluding hydrogens is 366 g/mol. The molecule has 3 nitrogen and oxygen atoms in total. The highest BCUT2D eigenvalue weighted by Crippen LogP contribution is 2.32. The van der Waals surface area contributed by atoms with E-state index in [1.807, 2.05) is 0 Å². The molecule has 1 aromatic carbocycles. The SMILES string of the molecule is Cn1c(-c2ccc(Br)cc2F)nc2cc(C(F)(F)F)cnc21. The van der Waals surface area contributed by atoms with Crippen molar-refractivity contribution in [2.24, 2.45) is 7.05 Å². The molecule has 2 aromatic heterocycles. The van der Waals surface area contributed by atoms with Gasteiger partial charge in [-0.25, -0.2) is 14.4 Å². The molecule has 3 aromatic rings. The topological polar surface area (TPSA) is 30.7 Å². The molecule has 0 aliphatic heterocycles. The summed E-state index contributed by atoms with van der Waals surface area (Å²) in [4.78, 5) is 7.88. The summed E-state index contributed by atoms with van der Waals surface area (Å²) in [6.07, 6.45) is -3.76. The van der Waals surface area contributed by atoms with Gasteiger partial charge >= 0.3 is 6.18 Å². The van der Waals surface area contributed by atoms with Gasteiger partial charge < -0.3 is 4.57 Å². The van der Waals surface area contributed by atoms with Crippen LogP contribution in [0.3, 0.4) is 0 Å². The third-order valence-electron chi connectivity index (χ3n) is 3.21. The lowest BCUT2D eigenvalue weighted by Crippen LogP contribution is -2.05. The number of aryl methyl sites for hydroxylation is 1. The van der Waals surface area contributed by atoms with Gasteiger partial charge in [-0.1, -0.05) is 15.9 Å². The molecule has 0 fully saturated rings. The van der Waals surface area contributed by atoms with Crippen molar-refractivity contribution in [1.29, 1.82) is 0 Å². The third kappa shape index (κ3) is 2.47. The Morgan fingerprint density at radius 1 is 1.18 bits per heavy atom. The van der Waals surface area contributed by atoms with Crippen LogP contribution in [0.4, 0.5) is 17.6 Å². The Balaban J connectivity index is 2.21. The van der Waals surface area contributed by atoms with E-state index in [0.29, 0.717) is 4.47 Å². The summed E-state index contributed by atoms with van der Waals surface area (Å²) in [7, 11) is 1.58. The molecule has 0 aliphatic carbocycles. The van der Waals surface area contributed by atoms with Crippen molar-refractivity contribution >= 4 is 27.1 Å². The number of hydrogen-bond acceptors (Lipinski definition) is 2. The molecule has 0 aliphatic rings. The maximum atomic E-state index is 14.0. The number of benzene rings is 1. The van der Waals surface area contributed by atoms with Crippen LogP contribution >= 0.6 is 15.9 Å². The Labute approximate surface area is 130 Å². The number of halogens is 5. The van der Waals surface area contributed by atoms with Crippen LogP contribution in [0.2, 0.25) is 0 Å². The lowest BCUT2D eigenvalue weighted by Gasteiger charge is -2.05. The number of nitrogens with zero attached hydrogens (tertiary/aromatic N) is 3. The van der Waals surface area contributed by atoms with E-state index in [-0.39, 0.29) is 22.6 Å². The Bertz CT molecular complexity index is 870. The van der Waals surface area contributed by atoms with Gasteiger partial charge in [-0.05, 0) is 24.3 Å². The number of imidazole rings is 1. The number of hydrogen-bond donors (Lipinski definition) is 0. The fourth-order valence-corrected chi connectivity index (χ4v) is 2.48. The van der Waals surface area contributed by atoms with Crippen molar-refractivity contribution < 1.29 is 17.6 Å². The number of fused-ring (bicyclic) bond motifs is 1. The average molecular weight is 374 g/mol. The molecule has 0 spiro atoms. The number of alkyl halides is 3. The average Bonchev–Trinajstić information content (AvgIpc) is 2.75. The molecule has 2 heterocycles. The molecule has 3 rings (SSSR count). The second-order valence-electron chi connectivity index (χ2n) is 4.68. The molecule has 114 valence electrons. The first-order valence-electron chi connectivity index (χ1n) is 6.12. The molecular formula is C14H8BrF4N3. The minimum absolute atomic E-state index is 0.0645. The van der Waals surface area contributed by atoms with Gasteiger partial charge in [0.1, 0.15) is 17.2 Å². The Hall–Kier alpha value is -1.96. The van der Waals surface area contributed by atoms with Crippen LogP contribution < -0.4 is 0 Å². The summed E-state index contributed by atoms with van der Waals surface area (Å²) in [5.41, 5.74) is -0.377. The van der Waals surface area contributed by atoms with Crippen molar-refractivity contribution in [3.05, 3.63) is 46.3 Å². The molecule has 0 unspecified atom stereocenters. The van der Waals surface area contributed by atoms with E-state index in [1.165, 1.54) is 16.7 Å². The van der Waals surface area contributed by atoms with E-state index in [9.17, 15) is 17.6 Å². The standard InChI is InChI=1S/C14H8BrF4N3/c1-22-12(9-3-2-8(15)5-10(9)16)21-11-4-7(14(17,18)19)6-20-13(11)22/h2-6H,1H3. The molecule has 0 radical (unpaired) electrons. The second-order valence-corrected chi connectivity index (χ2v) is 5.60. The van der Waals surface area contributed by atoms with Gasteiger partial charge in [0.25, 0.3) is 0 Å². The molecule has 22 heavy (non-hydrogen) atoms. The van der Waals surface area contributed by atoms with Gasteiger partial charge in [-0.15, -0.1) is 0 Å². The molecule has 0 amide bonds. The lowest BCUT2D eigenvalue weighted by atomic mass is 10.2. The van der Waals surface area contributed by atoms with Crippen LogP contribution in [-0.2, 0) is 13.2 Å². The van der Waals surface area contributed by atoms with Gasteiger partial charge in [-0.3, -0.25) is 0 Å². The first-order valence-corrected chi connectivity index (χ1v) is 6.92. The first kappa shape index (κ1) is 15.0. The third-order valence-corrected chi connectivity index (χ3v) is 3.70. The van der Waals surface area contributed by atoms with Crippen molar-refractivity contribution in [3.63, 3.8) is 0 Å². The fourth-order valence-electron chi connectivity index (χ4n) is 2.14. The van der Waals surface area contributed by atoms with Crippen LogP contribution in [0.15, 0.2) is 34.9 Å². The quantitative estimate of drug-likeness (QED) is 0.585. The Morgan fingerprint density at radius 3 is 2.55 bits per heavy atom. The van der Waals surface area contributed by atoms with Gasteiger partial charge in [0.2, 0.25) is 0 Å². The van der Waals surface area contributed by atoms with E-state index in [0.717, 1.165) is 12.3 Å². The molecule has 0 saturated heterocycles. The summed E-state index contributed by atoms with van der Waals surface area (Å²) >= 11 is 3.15. The van der Waals surface area contributed by atoms with Crippen molar-refractivity contribution in [2.45, 2.75) is 6.18 Å². The van der Waals surface area contributed by atoms with Crippen LogP contribution in [0.5, 0.6) is 0 Å². The van der Waals surface area contributed by atoms with Crippen LogP contribution in [-0.4, -0.2) is 14.5 Å². The Morgan fingerprint density at radius 2 is 1.91 bits per heavy atom. The van der Waals surface area contributed by atoms with E-state index < -0.39 is 17.6 Å². The monoisotopic (exact) mass is 373 g/mol. The predicted octanol–water partition coefficient (Wildman–Crippen LogP) is 4.56. The molecule has 0 bridgehead atoms. The summed E-state index contributed by atoms with van der Waals surface area (Å²) < 4.78 is 54.2. The summed E-state index contributed by atoms with van der Waals surface area (Å²) in [5.74, 6) is -0.310. The van der Waals surface area contributed by atoms with Gasteiger partial charge in [-0.2, -0.15) is 13.2 Å². The van der Waals surface area contributed by atoms with E-state index in [2.05, 4.69) is 25.9 Å². The highest BCUT2D eigenvalue weighted by atomic mass is 79.9. The largest absolute Gasteiger partial charge is 0.417 e. The zero-order chi connectivity index (χ0) is 16.1. The van der Waals surface area contributed by atoms with Crippen molar-refractivity contribution in [2.75, 3.05) is 0 Å². The Kier molecular flexibility index (Phi) is 3.43. The number of aromatic nitrogens is 3. The predicted molar refractivity (Wildman–Crippen MR) is 76.6 cm³/mol. The van der Waals surface area contributed by atoms with Crippen LogP contribution in [0, 0.1) is 5.82 Å². The van der Waals surface area contributed by atoms with Crippen LogP contribution in [0.1, 0.15) is 5.56 Å². The maximum absolute atomic E-state index is 14.0. The van der Waals surface area contributed by atoms with E-state index >= 15 is 0 Å². The summed E-state index contributed by atoms with van der Waals surface area (Å²) in [6, 6.07) is 5.31. The maximum Gasteiger partial charge on any atom is 0.417 e. The minimum atomic E-state index is -4.50. The van der Waals surface area contributed by atoms with Gasteiger partial charge in [0, 0.05) is 17.7 Å². The molecule has 8 heteroatoms. The molecule has 0 saturated carbocycles. The number of pyridine rings is 1. The zero-order valence-electron chi connectivity index (χ0n) is 11.1. The normalized spacial score (nSPS) is 12.1. The lowest BCUT2D eigenvalue weighted by molar-refractivity contribution is -0.137. The fraction of sp³-hybridized carbons (Fsp3) is 0.143. The first-order chi connectivity index (χ1) is 10.3. The van der Waals surface area contributed by atoms with Gasteiger partial charge in [0.15, 0.2) is 5.65 Å². The molecule has 0 atom stereocenters. The van der Waals surface area contributed by atoms with Crippen molar-refractivity contribution in [1.82, 2.24) is 14.5 Å². The highest BCUT2D eigenvalue weighted by molar-refractivity contribution is 9.10. The zero-order valence-corrected chi connectivity index (χ0v) is 12.7. The smallest absolute Gasteiger partial charge is 0.312 e. The van der Waals surface area contributed by atoms with Crippen molar-refractivity contribution in [3.8, 4) is 11.4 Å². The second kappa shape index (κ2) is 5.05. The van der Waals surface area contributed by atoms with E-state index in [4.69, 9.17) is 0 Å².